The van der Waals surface area contributed by atoms with Crippen LogP contribution in [0.1, 0.15) is 36.5 Å². The number of ketones is 1. The SMILES string of the molecule is CCOC1CC(CC(=O)c2c[nH]c3cccc(Br)c23)C1. The lowest BCUT2D eigenvalue weighted by molar-refractivity contribution is -0.0245. The fourth-order valence-corrected chi connectivity index (χ4v) is 3.53. The van der Waals surface area contributed by atoms with Gasteiger partial charge in [-0.1, -0.05) is 22.0 Å². The molecule has 0 radical (unpaired) electrons. The Kier molecular flexibility index (Phi) is 3.94. The van der Waals surface area contributed by atoms with Gasteiger partial charge in [0.15, 0.2) is 5.78 Å². The van der Waals surface area contributed by atoms with Gasteiger partial charge in [0.2, 0.25) is 0 Å². The van der Waals surface area contributed by atoms with E-state index in [-0.39, 0.29) is 5.78 Å². The van der Waals surface area contributed by atoms with Gasteiger partial charge in [0.25, 0.3) is 0 Å². The molecule has 4 heteroatoms. The van der Waals surface area contributed by atoms with Gasteiger partial charge in [0.1, 0.15) is 0 Å². The van der Waals surface area contributed by atoms with Gasteiger partial charge in [-0.15, -0.1) is 0 Å². The van der Waals surface area contributed by atoms with Crippen molar-refractivity contribution in [3.63, 3.8) is 0 Å². The lowest BCUT2D eigenvalue weighted by atomic mass is 9.78. The Bertz CT molecular complexity index is 628. The minimum Gasteiger partial charge on any atom is -0.378 e. The van der Waals surface area contributed by atoms with Gasteiger partial charge in [-0.05, 0) is 37.8 Å². The number of rotatable bonds is 5. The molecule has 1 N–H and O–H groups in total. The van der Waals surface area contributed by atoms with Crippen molar-refractivity contribution in [3.05, 3.63) is 34.4 Å². The Balaban J connectivity index is 1.71. The molecule has 0 bridgehead atoms. The van der Waals surface area contributed by atoms with E-state index < -0.39 is 0 Å². The van der Waals surface area contributed by atoms with Gasteiger partial charge in [-0.3, -0.25) is 4.79 Å². The van der Waals surface area contributed by atoms with Crippen LogP contribution in [-0.2, 0) is 4.74 Å². The van der Waals surface area contributed by atoms with Crippen LogP contribution in [0.15, 0.2) is 28.9 Å². The molecule has 0 spiro atoms. The molecule has 1 aromatic carbocycles. The smallest absolute Gasteiger partial charge is 0.165 e. The van der Waals surface area contributed by atoms with Crippen molar-refractivity contribution in [2.45, 2.75) is 32.3 Å². The number of Topliss-reactive ketones (excluding diaryl/α,β-unsaturated/α-hetero) is 1. The number of hydrogen-bond donors (Lipinski definition) is 1. The van der Waals surface area contributed by atoms with Crippen LogP contribution < -0.4 is 0 Å². The van der Waals surface area contributed by atoms with Crippen molar-refractivity contribution in [1.82, 2.24) is 4.98 Å². The number of carbonyl (C=O) groups is 1. The van der Waals surface area contributed by atoms with E-state index in [1.807, 2.05) is 31.3 Å². The summed E-state index contributed by atoms with van der Waals surface area (Å²) in [6.45, 7) is 2.78. The van der Waals surface area contributed by atoms with Crippen molar-refractivity contribution >= 4 is 32.6 Å². The molecule has 0 unspecified atom stereocenters. The standard InChI is InChI=1S/C16H18BrNO2/c1-2-20-11-6-10(7-11)8-15(19)12-9-18-14-5-3-4-13(17)16(12)14/h3-5,9-11,18H,2,6-8H2,1H3. The van der Waals surface area contributed by atoms with Gasteiger partial charge in [0.05, 0.1) is 6.10 Å². The summed E-state index contributed by atoms with van der Waals surface area (Å²) in [7, 11) is 0. The van der Waals surface area contributed by atoms with Crippen molar-refractivity contribution in [1.29, 1.82) is 0 Å². The lowest BCUT2D eigenvalue weighted by Crippen LogP contribution is -2.32. The van der Waals surface area contributed by atoms with E-state index in [0.717, 1.165) is 40.4 Å². The topological polar surface area (TPSA) is 42.1 Å². The maximum Gasteiger partial charge on any atom is 0.165 e. The van der Waals surface area contributed by atoms with Crippen molar-refractivity contribution in [3.8, 4) is 0 Å². The molecule has 1 aliphatic rings. The van der Waals surface area contributed by atoms with Crippen LogP contribution in [0.3, 0.4) is 0 Å². The van der Waals surface area contributed by atoms with E-state index in [1.54, 1.807) is 0 Å². The normalized spacial score (nSPS) is 21.9. The average Bonchev–Trinajstić information content (AvgIpc) is 2.81. The highest BCUT2D eigenvalue weighted by molar-refractivity contribution is 9.10. The molecule has 20 heavy (non-hydrogen) atoms. The molecule has 1 aliphatic carbocycles. The Morgan fingerprint density at radius 1 is 1.45 bits per heavy atom. The lowest BCUT2D eigenvalue weighted by Gasteiger charge is -2.34. The number of nitrogens with one attached hydrogen (secondary N) is 1. The molecule has 0 atom stereocenters. The fourth-order valence-electron chi connectivity index (χ4n) is 2.95. The summed E-state index contributed by atoms with van der Waals surface area (Å²) < 4.78 is 6.52. The Hall–Kier alpha value is -1.13. The maximum atomic E-state index is 12.5. The summed E-state index contributed by atoms with van der Waals surface area (Å²) in [5.41, 5.74) is 1.80. The van der Waals surface area contributed by atoms with E-state index in [4.69, 9.17) is 4.74 Å². The highest BCUT2D eigenvalue weighted by atomic mass is 79.9. The van der Waals surface area contributed by atoms with E-state index in [2.05, 4.69) is 20.9 Å². The number of ether oxygens (including phenoxy) is 1. The number of hydrogen-bond acceptors (Lipinski definition) is 2. The molecule has 1 heterocycles. The zero-order chi connectivity index (χ0) is 14.1. The quantitative estimate of drug-likeness (QED) is 0.827. The molecule has 3 nitrogen and oxygen atoms in total. The first-order valence-corrected chi connectivity index (χ1v) is 7.88. The zero-order valence-corrected chi connectivity index (χ0v) is 13.1. The summed E-state index contributed by atoms with van der Waals surface area (Å²) >= 11 is 3.53. The van der Waals surface area contributed by atoms with Gasteiger partial charge >= 0.3 is 0 Å². The molecule has 1 saturated carbocycles. The number of aromatic amines is 1. The molecule has 1 aromatic heterocycles. The van der Waals surface area contributed by atoms with E-state index in [1.165, 1.54) is 0 Å². The highest BCUT2D eigenvalue weighted by Crippen LogP contribution is 2.35. The Morgan fingerprint density at radius 2 is 2.25 bits per heavy atom. The summed E-state index contributed by atoms with van der Waals surface area (Å²) in [5, 5.41) is 0.998. The number of fused-ring (bicyclic) bond motifs is 1. The van der Waals surface area contributed by atoms with Crippen LogP contribution in [0.25, 0.3) is 10.9 Å². The molecule has 1 fully saturated rings. The average molecular weight is 336 g/mol. The first kappa shape index (κ1) is 13.8. The Labute approximate surface area is 126 Å². The second-order valence-corrected chi connectivity index (χ2v) is 6.26. The summed E-state index contributed by atoms with van der Waals surface area (Å²) in [6, 6.07) is 5.93. The first-order chi connectivity index (χ1) is 9.69. The van der Waals surface area contributed by atoms with Crippen LogP contribution in [0.4, 0.5) is 0 Å². The van der Waals surface area contributed by atoms with Crippen molar-refractivity contribution in [2.75, 3.05) is 6.61 Å². The second-order valence-electron chi connectivity index (χ2n) is 5.41. The van der Waals surface area contributed by atoms with Crippen LogP contribution in [0, 0.1) is 5.92 Å². The number of halogens is 1. The molecule has 0 amide bonds. The highest BCUT2D eigenvalue weighted by Gasteiger charge is 2.31. The molecular weight excluding hydrogens is 318 g/mol. The number of carbonyl (C=O) groups excluding carboxylic acids is 1. The van der Waals surface area contributed by atoms with Gasteiger partial charge in [0, 0.05) is 40.2 Å². The minimum absolute atomic E-state index is 0.225. The minimum atomic E-state index is 0.225. The van der Waals surface area contributed by atoms with Crippen LogP contribution in [-0.4, -0.2) is 23.5 Å². The number of aromatic nitrogens is 1. The largest absolute Gasteiger partial charge is 0.378 e. The zero-order valence-electron chi connectivity index (χ0n) is 11.5. The van der Waals surface area contributed by atoms with Gasteiger partial charge in [-0.25, -0.2) is 0 Å². The molecule has 106 valence electrons. The molecule has 0 saturated heterocycles. The van der Waals surface area contributed by atoms with Crippen molar-refractivity contribution < 1.29 is 9.53 Å². The van der Waals surface area contributed by atoms with Crippen LogP contribution >= 0.6 is 15.9 Å². The third kappa shape index (κ3) is 2.54. The van der Waals surface area contributed by atoms with E-state index >= 15 is 0 Å². The third-order valence-corrected chi connectivity index (χ3v) is 4.69. The van der Waals surface area contributed by atoms with E-state index in [0.29, 0.717) is 18.4 Å². The molecule has 0 aliphatic heterocycles. The van der Waals surface area contributed by atoms with Crippen LogP contribution in [0.5, 0.6) is 0 Å². The monoisotopic (exact) mass is 335 g/mol. The van der Waals surface area contributed by atoms with E-state index in [9.17, 15) is 4.79 Å². The van der Waals surface area contributed by atoms with Crippen LogP contribution in [0.2, 0.25) is 0 Å². The predicted octanol–water partition coefficient (Wildman–Crippen LogP) is 4.32. The maximum absolute atomic E-state index is 12.5. The number of H-pyrrole nitrogens is 1. The fraction of sp³-hybridized carbons (Fsp3) is 0.438. The van der Waals surface area contributed by atoms with Gasteiger partial charge < -0.3 is 9.72 Å². The summed E-state index contributed by atoms with van der Waals surface area (Å²) in [4.78, 5) is 15.6. The summed E-state index contributed by atoms with van der Waals surface area (Å²) in [6.07, 6.45) is 4.85. The number of benzene rings is 1. The molecule has 2 aromatic rings. The third-order valence-electron chi connectivity index (χ3n) is 4.02. The Morgan fingerprint density at radius 3 is 3.00 bits per heavy atom. The molecule has 3 rings (SSSR count). The van der Waals surface area contributed by atoms with Crippen molar-refractivity contribution in [2.24, 2.45) is 5.92 Å². The first-order valence-electron chi connectivity index (χ1n) is 7.09. The molecular formula is C16H18BrNO2. The van der Waals surface area contributed by atoms with Gasteiger partial charge in [-0.2, -0.15) is 0 Å². The second kappa shape index (κ2) is 5.70. The predicted molar refractivity (Wildman–Crippen MR) is 83.1 cm³/mol. The summed E-state index contributed by atoms with van der Waals surface area (Å²) in [5.74, 6) is 0.703.